The van der Waals surface area contributed by atoms with Gasteiger partial charge >= 0.3 is 6.03 Å². The van der Waals surface area contributed by atoms with Crippen molar-refractivity contribution in [2.75, 3.05) is 6.54 Å². The Hall–Kier alpha value is -3.35. The second-order valence-electron chi connectivity index (χ2n) is 6.90. The van der Waals surface area contributed by atoms with Crippen LogP contribution in [-0.2, 0) is 13.1 Å². The second-order valence-corrected chi connectivity index (χ2v) is 6.90. The van der Waals surface area contributed by atoms with Crippen LogP contribution in [0.15, 0.2) is 66.9 Å². The van der Waals surface area contributed by atoms with E-state index in [1.807, 2.05) is 36.4 Å². The zero-order chi connectivity index (χ0) is 20.2. The molecule has 0 saturated heterocycles. The fourth-order valence-corrected chi connectivity index (χ4v) is 3.62. The number of alkyl halides is 2. The van der Waals surface area contributed by atoms with Crippen molar-refractivity contribution in [1.82, 2.24) is 20.2 Å². The van der Waals surface area contributed by atoms with Gasteiger partial charge in [-0.2, -0.15) is 0 Å². The van der Waals surface area contributed by atoms with Crippen molar-refractivity contribution in [3.05, 3.63) is 95.1 Å². The van der Waals surface area contributed by atoms with Gasteiger partial charge in [0.1, 0.15) is 11.5 Å². The van der Waals surface area contributed by atoms with Crippen molar-refractivity contribution in [1.29, 1.82) is 0 Å². The molecule has 2 amide bonds. The molecule has 2 aromatic carbocycles. The summed E-state index contributed by atoms with van der Waals surface area (Å²) in [5.74, 6) is 0.235. The summed E-state index contributed by atoms with van der Waals surface area (Å²) in [6.45, 7) is 1.02. The molecule has 1 atom stereocenters. The number of fused-ring (bicyclic) bond motifs is 1. The lowest BCUT2D eigenvalue weighted by Gasteiger charge is -2.35. The van der Waals surface area contributed by atoms with Crippen molar-refractivity contribution in [3.63, 3.8) is 0 Å². The van der Waals surface area contributed by atoms with Gasteiger partial charge < -0.3 is 10.2 Å². The molecule has 0 aliphatic carbocycles. The minimum atomic E-state index is -2.67. The Morgan fingerprint density at radius 2 is 1.86 bits per heavy atom. The minimum absolute atomic E-state index is 0.00640. The molecule has 7 heteroatoms. The Kier molecular flexibility index (Phi) is 5.46. The number of aromatic nitrogens is 2. The lowest BCUT2D eigenvalue weighted by Crippen LogP contribution is -2.44. The van der Waals surface area contributed by atoms with E-state index in [9.17, 15) is 13.6 Å². The van der Waals surface area contributed by atoms with Crippen LogP contribution in [0, 0.1) is 0 Å². The third-order valence-corrected chi connectivity index (χ3v) is 5.03. The van der Waals surface area contributed by atoms with Gasteiger partial charge in [-0.05, 0) is 22.8 Å². The molecular weight excluding hydrogens is 374 g/mol. The predicted molar refractivity (Wildman–Crippen MR) is 104 cm³/mol. The molecule has 1 N–H and O–H groups in total. The SMILES string of the molecule is O=C(NCc1nccc(C(F)F)n1)N1Cc2ccccc2C(c2ccccc2)C1. The van der Waals surface area contributed by atoms with Crippen LogP contribution in [0.2, 0.25) is 0 Å². The number of carbonyl (C=O) groups excluding carboxylic acids is 1. The summed E-state index contributed by atoms with van der Waals surface area (Å²) in [6.07, 6.45) is -1.39. The van der Waals surface area contributed by atoms with Crippen LogP contribution in [0.4, 0.5) is 13.6 Å². The molecule has 0 fully saturated rings. The van der Waals surface area contributed by atoms with Crippen molar-refractivity contribution in [3.8, 4) is 0 Å². The number of amides is 2. The number of hydrogen-bond acceptors (Lipinski definition) is 3. The normalized spacial score (nSPS) is 15.8. The van der Waals surface area contributed by atoms with E-state index >= 15 is 0 Å². The first-order valence-electron chi connectivity index (χ1n) is 9.37. The maximum atomic E-state index is 12.8. The number of nitrogens with zero attached hydrogens (tertiary/aromatic N) is 3. The minimum Gasteiger partial charge on any atom is -0.331 e. The number of benzene rings is 2. The van der Waals surface area contributed by atoms with Crippen molar-refractivity contribution < 1.29 is 13.6 Å². The number of nitrogens with one attached hydrogen (secondary N) is 1. The first kappa shape index (κ1) is 19.0. The first-order chi connectivity index (χ1) is 14.1. The van der Waals surface area contributed by atoms with Gasteiger partial charge in [-0.25, -0.2) is 23.5 Å². The van der Waals surface area contributed by atoms with Gasteiger partial charge in [0.05, 0.1) is 6.54 Å². The maximum absolute atomic E-state index is 12.8. The third-order valence-electron chi connectivity index (χ3n) is 5.03. The molecule has 5 nitrogen and oxygen atoms in total. The van der Waals surface area contributed by atoms with E-state index in [-0.39, 0.29) is 30.0 Å². The molecule has 0 radical (unpaired) electrons. The van der Waals surface area contributed by atoms with E-state index in [2.05, 4.69) is 33.5 Å². The molecule has 3 aromatic rings. The van der Waals surface area contributed by atoms with Crippen molar-refractivity contribution in [2.24, 2.45) is 0 Å². The lowest BCUT2D eigenvalue weighted by atomic mass is 9.85. The largest absolute Gasteiger partial charge is 0.331 e. The standard InChI is InChI=1S/C22H20F2N4O/c23-21(24)19-10-11-25-20(27-19)12-26-22(29)28-13-16-8-4-5-9-17(16)18(14-28)15-6-2-1-3-7-15/h1-11,18,21H,12-14H2,(H,26,29). The van der Waals surface area contributed by atoms with Gasteiger partial charge in [-0.15, -0.1) is 0 Å². The van der Waals surface area contributed by atoms with Crippen molar-refractivity contribution in [2.45, 2.75) is 25.4 Å². The number of carbonyl (C=O) groups is 1. The molecular formula is C22H20F2N4O. The highest BCUT2D eigenvalue weighted by Crippen LogP contribution is 2.33. The average Bonchev–Trinajstić information content (AvgIpc) is 2.77. The quantitative estimate of drug-likeness (QED) is 0.719. The Labute approximate surface area is 167 Å². The smallest absolute Gasteiger partial charge is 0.318 e. The summed E-state index contributed by atoms with van der Waals surface area (Å²) >= 11 is 0. The van der Waals surface area contributed by atoms with E-state index in [1.165, 1.54) is 17.8 Å². The molecule has 2 heterocycles. The molecule has 1 unspecified atom stereocenters. The Balaban J connectivity index is 1.50. The molecule has 0 saturated carbocycles. The molecule has 1 aromatic heterocycles. The zero-order valence-electron chi connectivity index (χ0n) is 15.6. The highest BCUT2D eigenvalue weighted by Gasteiger charge is 2.29. The number of hydrogen-bond donors (Lipinski definition) is 1. The monoisotopic (exact) mass is 394 g/mol. The summed E-state index contributed by atoms with van der Waals surface area (Å²) in [6, 6.07) is 19.1. The summed E-state index contributed by atoms with van der Waals surface area (Å²) in [5, 5.41) is 2.75. The van der Waals surface area contributed by atoms with Gasteiger partial charge in [-0.1, -0.05) is 54.6 Å². The fourth-order valence-electron chi connectivity index (χ4n) is 3.62. The molecule has 0 bridgehead atoms. The number of halogens is 2. The van der Waals surface area contributed by atoms with E-state index in [1.54, 1.807) is 4.90 Å². The van der Waals surface area contributed by atoms with E-state index in [4.69, 9.17) is 0 Å². The van der Waals surface area contributed by atoms with Crippen LogP contribution in [0.25, 0.3) is 0 Å². The van der Waals surface area contributed by atoms with Gasteiger partial charge in [0.15, 0.2) is 0 Å². The van der Waals surface area contributed by atoms with Crippen LogP contribution in [0.3, 0.4) is 0 Å². The molecule has 1 aliphatic rings. The highest BCUT2D eigenvalue weighted by atomic mass is 19.3. The van der Waals surface area contributed by atoms with E-state index in [0.29, 0.717) is 13.1 Å². The number of urea groups is 1. The van der Waals surface area contributed by atoms with Crippen LogP contribution < -0.4 is 5.32 Å². The van der Waals surface area contributed by atoms with Crippen LogP contribution in [0.5, 0.6) is 0 Å². The van der Waals surface area contributed by atoms with Gasteiger partial charge in [0.25, 0.3) is 6.43 Å². The average molecular weight is 394 g/mol. The summed E-state index contributed by atoms with van der Waals surface area (Å²) < 4.78 is 25.6. The van der Waals surface area contributed by atoms with E-state index in [0.717, 1.165) is 11.1 Å². The van der Waals surface area contributed by atoms with Gasteiger partial charge in [0.2, 0.25) is 0 Å². The predicted octanol–water partition coefficient (Wildman–Crippen LogP) is 4.27. The summed E-state index contributed by atoms with van der Waals surface area (Å²) in [4.78, 5) is 22.3. The first-order valence-corrected chi connectivity index (χ1v) is 9.37. The molecule has 29 heavy (non-hydrogen) atoms. The molecule has 0 spiro atoms. The topological polar surface area (TPSA) is 58.1 Å². The van der Waals surface area contributed by atoms with Gasteiger partial charge in [-0.3, -0.25) is 0 Å². The second kappa shape index (κ2) is 8.34. The Morgan fingerprint density at radius 1 is 1.10 bits per heavy atom. The van der Waals surface area contributed by atoms with Gasteiger partial charge in [0, 0.05) is 25.2 Å². The summed E-state index contributed by atoms with van der Waals surface area (Å²) in [7, 11) is 0. The van der Waals surface area contributed by atoms with Crippen LogP contribution >= 0.6 is 0 Å². The number of rotatable bonds is 4. The maximum Gasteiger partial charge on any atom is 0.318 e. The summed E-state index contributed by atoms with van der Waals surface area (Å²) in [5.41, 5.74) is 3.11. The van der Waals surface area contributed by atoms with Crippen LogP contribution in [-0.4, -0.2) is 27.4 Å². The Bertz CT molecular complexity index is 997. The Morgan fingerprint density at radius 3 is 2.66 bits per heavy atom. The molecule has 148 valence electrons. The zero-order valence-corrected chi connectivity index (χ0v) is 15.6. The highest BCUT2D eigenvalue weighted by molar-refractivity contribution is 5.74. The van der Waals surface area contributed by atoms with Crippen molar-refractivity contribution >= 4 is 6.03 Å². The lowest BCUT2D eigenvalue weighted by molar-refractivity contribution is 0.145. The van der Waals surface area contributed by atoms with Crippen LogP contribution in [0.1, 0.15) is 40.6 Å². The molecule has 4 rings (SSSR count). The van der Waals surface area contributed by atoms with E-state index < -0.39 is 6.43 Å². The molecule has 1 aliphatic heterocycles. The fraction of sp³-hybridized carbons (Fsp3) is 0.227. The third kappa shape index (κ3) is 4.23.